The molecule has 4 rings (SSSR count). The van der Waals surface area contributed by atoms with Crippen LogP contribution in [0.3, 0.4) is 0 Å². The van der Waals surface area contributed by atoms with Crippen LogP contribution in [0.25, 0.3) is 5.69 Å². The van der Waals surface area contributed by atoms with Crippen molar-refractivity contribution in [3.8, 4) is 5.69 Å². The minimum Gasteiger partial charge on any atom is -0.325 e. The SMILES string of the molecule is O=C(CSc1nnc(CN2CCCC2)n1-c1ccccc1)Nc1cc(Cl)cc(Cl)c1. The molecule has 1 aliphatic heterocycles. The van der Waals surface area contributed by atoms with E-state index >= 15 is 0 Å². The van der Waals surface area contributed by atoms with E-state index in [9.17, 15) is 4.79 Å². The molecule has 156 valence electrons. The predicted octanol–water partition coefficient (Wildman–Crippen LogP) is 4.90. The average molecular weight is 462 g/mol. The standard InChI is InChI=1S/C21H21Cl2N5OS/c22-15-10-16(23)12-17(11-15)24-20(29)14-30-21-26-25-19(13-27-8-4-5-9-27)28(21)18-6-2-1-3-7-18/h1-3,6-7,10-12H,4-5,8-9,13-14H2,(H,24,29). The molecule has 1 aliphatic rings. The molecule has 2 heterocycles. The van der Waals surface area contributed by atoms with Crippen molar-refractivity contribution in [1.82, 2.24) is 19.7 Å². The van der Waals surface area contributed by atoms with Crippen molar-refractivity contribution in [3.63, 3.8) is 0 Å². The largest absolute Gasteiger partial charge is 0.325 e. The lowest BCUT2D eigenvalue weighted by molar-refractivity contribution is -0.113. The Morgan fingerprint density at radius 1 is 1.03 bits per heavy atom. The number of aromatic nitrogens is 3. The lowest BCUT2D eigenvalue weighted by Gasteiger charge is -2.16. The van der Waals surface area contributed by atoms with Gasteiger partial charge in [0, 0.05) is 21.4 Å². The van der Waals surface area contributed by atoms with Gasteiger partial charge < -0.3 is 5.32 Å². The highest BCUT2D eigenvalue weighted by Gasteiger charge is 2.20. The Morgan fingerprint density at radius 2 is 1.73 bits per heavy atom. The van der Waals surface area contributed by atoms with E-state index < -0.39 is 0 Å². The van der Waals surface area contributed by atoms with Gasteiger partial charge in [-0.15, -0.1) is 10.2 Å². The molecule has 0 spiro atoms. The molecule has 1 fully saturated rings. The second-order valence-electron chi connectivity index (χ2n) is 7.05. The Morgan fingerprint density at radius 3 is 2.43 bits per heavy atom. The van der Waals surface area contributed by atoms with Crippen LogP contribution in [0.15, 0.2) is 53.7 Å². The molecule has 0 unspecified atom stereocenters. The molecule has 0 saturated carbocycles. The zero-order valence-corrected chi connectivity index (χ0v) is 18.6. The monoisotopic (exact) mass is 461 g/mol. The molecule has 0 aliphatic carbocycles. The van der Waals surface area contributed by atoms with Crippen molar-refractivity contribution in [2.75, 3.05) is 24.2 Å². The van der Waals surface area contributed by atoms with Crippen molar-refractivity contribution in [2.45, 2.75) is 24.5 Å². The van der Waals surface area contributed by atoms with Crippen LogP contribution in [0.5, 0.6) is 0 Å². The van der Waals surface area contributed by atoms with E-state index in [4.69, 9.17) is 23.2 Å². The van der Waals surface area contributed by atoms with Gasteiger partial charge in [-0.3, -0.25) is 14.3 Å². The first kappa shape index (κ1) is 21.2. The first-order valence-corrected chi connectivity index (χ1v) is 11.4. The molecule has 3 aromatic rings. The van der Waals surface area contributed by atoms with Gasteiger partial charge in [0.2, 0.25) is 5.91 Å². The second kappa shape index (κ2) is 9.83. The Bertz CT molecular complexity index is 1000. The number of carbonyl (C=O) groups is 1. The molecule has 30 heavy (non-hydrogen) atoms. The number of hydrogen-bond acceptors (Lipinski definition) is 5. The maximum atomic E-state index is 12.5. The van der Waals surface area contributed by atoms with Crippen molar-refractivity contribution < 1.29 is 4.79 Å². The highest BCUT2D eigenvalue weighted by atomic mass is 35.5. The number of amides is 1. The summed E-state index contributed by atoms with van der Waals surface area (Å²) in [5.74, 6) is 0.911. The zero-order valence-electron chi connectivity index (χ0n) is 16.2. The smallest absolute Gasteiger partial charge is 0.234 e. The number of nitrogens with one attached hydrogen (secondary N) is 1. The van der Waals surface area contributed by atoms with E-state index in [-0.39, 0.29) is 11.7 Å². The van der Waals surface area contributed by atoms with Gasteiger partial charge >= 0.3 is 0 Å². The lowest BCUT2D eigenvalue weighted by Crippen LogP contribution is -2.21. The maximum Gasteiger partial charge on any atom is 0.234 e. The summed E-state index contributed by atoms with van der Waals surface area (Å²) in [6, 6.07) is 14.9. The van der Waals surface area contributed by atoms with E-state index in [2.05, 4.69) is 20.4 Å². The van der Waals surface area contributed by atoms with Crippen LogP contribution in [0.1, 0.15) is 18.7 Å². The van der Waals surface area contributed by atoms with Gasteiger partial charge in [-0.05, 0) is 56.3 Å². The van der Waals surface area contributed by atoms with Crippen molar-refractivity contribution in [1.29, 1.82) is 0 Å². The minimum absolute atomic E-state index is 0.165. The molecule has 0 radical (unpaired) electrons. The summed E-state index contributed by atoms with van der Waals surface area (Å²) >= 11 is 13.4. The third-order valence-electron chi connectivity index (χ3n) is 4.76. The molecule has 6 nitrogen and oxygen atoms in total. The number of nitrogens with zero attached hydrogens (tertiary/aromatic N) is 4. The lowest BCUT2D eigenvalue weighted by atomic mass is 10.3. The van der Waals surface area contributed by atoms with E-state index in [0.717, 1.165) is 31.1 Å². The fraction of sp³-hybridized carbons (Fsp3) is 0.286. The van der Waals surface area contributed by atoms with Crippen LogP contribution in [-0.4, -0.2) is 44.4 Å². The van der Waals surface area contributed by atoms with Crippen LogP contribution >= 0.6 is 35.0 Å². The van der Waals surface area contributed by atoms with Gasteiger partial charge in [-0.2, -0.15) is 0 Å². The zero-order chi connectivity index (χ0) is 20.9. The highest BCUT2D eigenvalue weighted by Crippen LogP contribution is 2.25. The van der Waals surface area contributed by atoms with E-state index in [0.29, 0.717) is 20.9 Å². The van der Waals surface area contributed by atoms with Gasteiger partial charge in [0.1, 0.15) is 0 Å². The van der Waals surface area contributed by atoms with Crippen molar-refractivity contribution >= 4 is 46.6 Å². The molecular weight excluding hydrogens is 441 g/mol. The average Bonchev–Trinajstić information content (AvgIpc) is 3.36. The number of hydrogen-bond donors (Lipinski definition) is 1. The molecule has 0 bridgehead atoms. The van der Waals surface area contributed by atoms with Gasteiger partial charge in [0.25, 0.3) is 0 Å². The Hall–Kier alpha value is -2.06. The normalized spacial score (nSPS) is 14.2. The van der Waals surface area contributed by atoms with Gasteiger partial charge in [-0.25, -0.2) is 0 Å². The molecule has 2 aromatic carbocycles. The van der Waals surface area contributed by atoms with Crippen LogP contribution in [-0.2, 0) is 11.3 Å². The topological polar surface area (TPSA) is 63.1 Å². The van der Waals surface area contributed by atoms with Crippen LogP contribution in [0.4, 0.5) is 5.69 Å². The quantitative estimate of drug-likeness (QED) is 0.506. The Labute approximate surface area is 189 Å². The third kappa shape index (κ3) is 5.35. The summed E-state index contributed by atoms with van der Waals surface area (Å²) < 4.78 is 2.03. The molecule has 1 saturated heterocycles. The Balaban J connectivity index is 1.49. The van der Waals surface area contributed by atoms with E-state index in [1.807, 2.05) is 34.9 Å². The summed E-state index contributed by atoms with van der Waals surface area (Å²) in [5, 5.41) is 13.3. The Kier molecular flexibility index (Phi) is 6.94. The number of halogens is 2. The molecule has 0 atom stereocenters. The third-order valence-corrected chi connectivity index (χ3v) is 6.12. The number of carbonyl (C=O) groups excluding carboxylic acids is 1. The number of likely N-dealkylation sites (tertiary alicyclic amines) is 1. The number of para-hydroxylation sites is 1. The van der Waals surface area contributed by atoms with Crippen LogP contribution in [0.2, 0.25) is 10.0 Å². The predicted molar refractivity (Wildman–Crippen MR) is 122 cm³/mol. The number of thioether (sulfide) groups is 1. The fourth-order valence-electron chi connectivity index (χ4n) is 3.43. The van der Waals surface area contributed by atoms with Crippen molar-refractivity contribution in [2.24, 2.45) is 0 Å². The summed E-state index contributed by atoms with van der Waals surface area (Å²) in [5.41, 5.74) is 1.55. The van der Waals surface area contributed by atoms with Crippen LogP contribution in [0, 0.1) is 0 Å². The maximum absolute atomic E-state index is 12.5. The summed E-state index contributed by atoms with van der Waals surface area (Å²) in [6.07, 6.45) is 2.43. The first-order chi connectivity index (χ1) is 14.6. The second-order valence-corrected chi connectivity index (χ2v) is 8.86. The fourth-order valence-corrected chi connectivity index (χ4v) is 4.72. The van der Waals surface area contributed by atoms with Crippen molar-refractivity contribution in [3.05, 3.63) is 64.4 Å². The van der Waals surface area contributed by atoms with E-state index in [1.165, 1.54) is 24.6 Å². The minimum atomic E-state index is -0.165. The molecule has 1 amide bonds. The first-order valence-electron chi connectivity index (χ1n) is 9.69. The molecular formula is C21H21Cl2N5OS. The molecule has 1 aromatic heterocycles. The molecule has 9 heteroatoms. The number of rotatable bonds is 7. The summed E-state index contributed by atoms with van der Waals surface area (Å²) in [4.78, 5) is 14.8. The summed E-state index contributed by atoms with van der Waals surface area (Å²) in [7, 11) is 0. The number of anilines is 1. The highest BCUT2D eigenvalue weighted by molar-refractivity contribution is 7.99. The molecule has 1 N–H and O–H groups in total. The van der Waals surface area contributed by atoms with Gasteiger partial charge in [0.05, 0.1) is 12.3 Å². The van der Waals surface area contributed by atoms with Gasteiger partial charge in [-0.1, -0.05) is 53.2 Å². The number of benzene rings is 2. The van der Waals surface area contributed by atoms with Gasteiger partial charge in [0.15, 0.2) is 11.0 Å². The van der Waals surface area contributed by atoms with E-state index in [1.54, 1.807) is 18.2 Å². The van der Waals surface area contributed by atoms with Crippen LogP contribution < -0.4 is 5.32 Å². The summed E-state index contributed by atoms with van der Waals surface area (Å²) in [6.45, 7) is 2.90.